The van der Waals surface area contributed by atoms with Crippen molar-refractivity contribution in [3.8, 4) is 5.88 Å². The molecule has 0 aliphatic carbocycles. The van der Waals surface area contributed by atoms with E-state index in [1.165, 1.54) is 0 Å². The van der Waals surface area contributed by atoms with Gasteiger partial charge in [-0.1, -0.05) is 6.07 Å². The zero-order valence-electron chi connectivity index (χ0n) is 9.38. The summed E-state index contributed by atoms with van der Waals surface area (Å²) >= 11 is 0. The fourth-order valence-electron chi connectivity index (χ4n) is 2.03. The number of likely N-dealkylation sites (tertiary alicyclic amines) is 1. The largest absolute Gasteiger partial charge is 0.481 e. The SMILES string of the molecule is COc1cccc(C2C(N)CC(=O)N2C)n1. The third kappa shape index (κ3) is 1.74. The van der Waals surface area contributed by atoms with Crippen LogP contribution in [0.25, 0.3) is 0 Å². The van der Waals surface area contributed by atoms with Crippen LogP contribution >= 0.6 is 0 Å². The second-order valence-corrected chi connectivity index (χ2v) is 3.92. The van der Waals surface area contributed by atoms with Gasteiger partial charge >= 0.3 is 0 Å². The Morgan fingerprint density at radius 2 is 2.31 bits per heavy atom. The number of rotatable bonds is 2. The van der Waals surface area contributed by atoms with E-state index >= 15 is 0 Å². The van der Waals surface area contributed by atoms with Crippen molar-refractivity contribution in [3.05, 3.63) is 23.9 Å². The molecule has 5 nitrogen and oxygen atoms in total. The van der Waals surface area contributed by atoms with Crippen LogP contribution in [0.1, 0.15) is 18.2 Å². The summed E-state index contributed by atoms with van der Waals surface area (Å²) in [5.74, 6) is 0.597. The Hall–Kier alpha value is -1.62. The number of carbonyl (C=O) groups is 1. The van der Waals surface area contributed by atoms with Gasteiger partial charge in [-0.2, -0.15) is 0 Å². The number of nitrogens with two attached hydrogens (primary N) is 1. The highest BCUT2D eigenvalue weighted by molar-refractivity contribution is 5.79. The van der Waals surface area contributed by atoms with Gasteiger partial charge in [0.25, 0.3) is 0 Å². The molecular weight excluding hydrogens is 206 g/mol. The van der Waals surface area contributed by atoms with Crippen molar-refractivity contribution in [2.75, 3.05) is 14.2 Å². The van der Waals surface area contributed by atoms with E-state index in [2.05, 4.69) is 4.98 Å². The van der Waals surface area contributed by atoms with Gasteiger partial charge in [-0.3, -0.25) is 4.79 Å². The minimum absolute atomic E-state index is 0.0575. The summed E-state index contributed by atoms with van der Waals surface area (Å²) < 4.78 is 5.06. The van der Waals surface area contributed by atoms with Crippen LogP contribution in [0.5, 0.6) is 5.88 Å². The molecule has 16 heavy (non-hydrogen) atoms. The molecule has 0 spiro atoms. The molecule has 0 bridgehead atoms. The Kier molecular flexibility index (Phi) is 2.78. The molecule has 1 amide bonds. The van der Waals surface area contributed by atoms with Gasteiger partial charge in [0.15, 0.2) is 0 Å². The Balaban J connectivity index is 2.32. The highest BCUT2D eigenvalue weighted by atomic mass is 16.5. The van der Waals surface area contributed by atoms with Crippen molar-refractivity contribution in [1.82, 2.24) is 9.88 Å². The van der Waals surface area contributed by atoms with Crippen LogP contribution in [0.2, 0.25) is 0 Å². The molecule has 1 aliphatic rings. The molecule has 0 saturated carbocycles. The van der Waals surface area contributed by atoms with Crippen LogP contribution < -0.4 is 10.5 Å². The second kappa shape index (κ2) is 4.09. The predicted molar refractivity (Wildman–Crippen MR) is 58.9 cm³/mol. The van der Waals surface area contributed by atoms with E-state index in [9.17, 15) is 4.79 Å². The number of carbonyl (C=O) groups excluding carboxylic acids is 1. The van der Waals surface area contributed by atoms with Crippen LogP contribution in [0.4, 0.5) is 0 Å². The number of hydrogen-bond acceptors (Lipinski definition) is 4. The maximum absolute atomic E-state index is 11.5. The molecule has 2 atom stereocenters. The minimum atomic E-state index is -0.197. The molecule has 0 aromatic carbocycles. The van der Waals surface area contributed by atoms with Gasteiger partial charge in [-0.15, -0.1) is 0 Å². The maximum atomic E-state index is 11.5. The summed E-state index contributed by atoms with van der Waals surface area (Å²) in [6, 6.07) is 5.14. The van der Waals surface area contributed by atoms with E-state index in [1.807, 2.05) is 12.1 Å². The Labute approximate surface area is 94.2 Å². The molecule has 1 aromatic rings. The molecule has 1 aliphatic heterocycles. The van der Waals surface area contributed by atoms with E-state index < -0.39 is 0 Å². The lowest BCUT2D eigenvalue weighted by Gasteiger charge is -2.22. The van der Waals surface area contributed by atoms with Gasteiger partial charge in [-0.05, 0) is 6.07 Å². The fourth-order valence-corrected chi connectivity index (χ4v) is 2.03. The van der Waals surface area contributed by atoms with Gasteiger partial charge in [0.2, 0.25) is 11.8 Å². The molecule has 2 unspecified atom stereocenters. The van der Waals surface area contributed by atoms with Crippen molar-refractivity contribution >= 4 is 5.91 Å². The zero-order valence-corrected chi connectivity index (χ0v) is 9.38. The molecular formula is C11H15N3O2. The Morgan fingerprint density at radius 1 is 1.56 bits per heavy atom. The Morgan fingerprint density at radius 3 is 2.88 bits per heavy atom. The number of amides is 1. The van der Waals surface area contributed by atoms with Gasteiger partial charge < -0.3 is 15.4 Å². The summed E-state index contributed by atoms with van der Waals surface area (Å²) in [4.78, 5) is 17.5. The first-order valence-electron chi connectivity index (χ1n) is 5.15. The van der Waals surface area contributed by atoms with E-state index in [1.54, 1.807) is 25.1 Å². The molecule has 0 radical (unpaired) electrons. The van der Waals surface area contributed by atoms with Crippen molar-refractivity contribution in [1.29, 1.82) is 0 Å². The topological polar surface area (TPSA) is 68.5 Å². The van der Waals surface area contributed by atoms with Crippen molar-refractivity contribution in [2.45, 2.75) is 18.5 Å². The van der Waals surface area contributed by atoms with Gasteiger partial charge in [0.1, 0.15) is 0 Å². The minimum Gasteiger partial charge on any atom is -0.481 e. The van der Waals surface area contributed by atoms with Gasteiger partial charge in [0, 0.05) is 25.6 Å². The van der Waals surface area contributed by atoms with Gasteiger partial charge in [-0.25, -0.2) is 4.98 Å². The summed E-state index contributed by atoms with van der Waals surface area (Å²) in [5, 5.41) is 0. The molecule has 2 heterocycles. The number of hydrogen-bond donors (Lipinski definition) is 1. The fraction of sp³-hybridized carbons (Fsp3) is 0.455. The average Bonchev–Trinajstić information content (AvgIpc) is 2.53. The molecule has 1 saturated heterocycles. The average molecular weight is 221 g/mol. The number of nitrogens with zero attached hydrogens (tertiary/aromatic N) is 2. The lowest BCUT2D eigenvalue weighted by atomic mass is 10.1. The first-order chi connectivity index (χ1) is 7.63. The van der Waals surface area contributed by atoms with Crippen molar-refractivity contribution in [2.24, 2.45) is 5.73 Å². The first-order valence-corrected chi connectivity index (χ1v) is 5.15. The lowest BCUT2D eigenvalue weighted by Crippen LogP contribution is -2.30. The summed E-state index contributed by atoms with van der Waals surface area (Å²) in [7, 11) is 3.32. The van der Waals surface area contributed by atoms with Crippen LogP contribution in [0.3, 0.4) is 0 Å². The predicted octanol–water partition coefficient (Wildman–Crippen LogP) is 0.321. The lowest BCUT2D eigenvalue weighted by molar-refractivity contribution is -0.127. The van der Waals surface area contributed by atoms with Crippen molar-refractivity contribution < 1.29 is 9.53 Å². The van der Waals surface area contributed by atoms with Crippen LogP contribution in [0.15, 0.2) is 18.2 Å². The number of aromatic nitrogens is 1. The number of ether oxygens (including phenoxy) is 1. The van der Waals surface area contributed by atoms with Crippen LogP contribution in [-0.2, 0) is 4.79 Å². The van der Waals surface area contributed by atoms with Crippen molar-refractivity contribution in [3.63, 3.8) is 0 Å². The first kappa shape index (κ1) is 10.9. The standard InChI is InChI=1S/C11H15N3O2/c1-14-10(15)6-7(12)11(14)8-4-3-5-9(13-8)16-2/h3-5,7,11H,6,12H2,1-2H3. The molecule has 5 heteroatoms. The van der Waals surface area contributed by atoms with Gasteiger partial charge in [0.05, 0.1) is 18.8 Å². The highest BCUT2D eigenvalue weighted by Crippen LogP contribution is 2.29. The molecule has 2 N–H and O–H groups in total. The third-order valence-corrected chi connectivity index (χ3v) is 2.88. The summed E-state index contributed by atoms with van der Waals surface area (Å²) in [5.41, 5.74) is 6.72. The monoisotopic (exact) mass is 221 g/mol. The Bertz CT molecular complexity index is 408. The molecule has 2 rings (SSSR count). The number of likely N-dealkylation sites (N-methyl/N-ethyl adjacent to an activating group) is 1. The summed E-state index contributed by atoms with van der Waals surface area (Å²) in [6.45, 7) is 0. The molecule has 86 valence electrons. The smallest absolute Gasteiger partial charge is 0.224 e. The zero-order chi connectivity index (χ0) is 11.7. The van der Waals surface area contributed by atoms with Crippen LogP contribution in [-0.4, -0.2) is 36.0 Å². The molecule has 1 fully saturated rings. The normalized spacial score (nSPS) is 24.9. The summed E-state index contributed by atoms with van der Waals surface area (Å²) in [6.07, 6.45) is 0.375. The quantitative estimate of drug-likeness (QED) is 0.781. The van der Waals surface area contributed by atoms with E-state index in [0.717, 1.165) is 5.69 Å². The van der Waals surface area contributed by atoms with E-state index in [-0.39, 0.29) is 18.0 Å². The number of methoxy groups -OCH3 is 1. The highest BCUT2D eigenvalue weighted by Gasteiger charge is 2.37. The van der Waals surface area contributed by atoms with E-state index in [4.69, 9.17) is 10.5 Å². The third-order valence-electron chi connectivity index (χ3n) is 2.88. The van der Waals surface area contributed by atoms with Crippen LogP contribution in [0, 0.1) is 0 Å². The van der Waals surface area contributed by atoms with E-state index in [0.29, 0.717) is 12.3 Å². The molecule has 1 aromatic heterocycles. The second-order valence-electron chi connectivity index (χ2n) is 3.92. The maximum Gasteiger partial charge on any atom is 0.224 e. The number of pyridine rings is 1.